The van der Waals surface area contributed by atoms with E-state index in [-0.39, 0.29) is 17.3 Å². The molecule has 4 heteroatoms. The van der Waals surface area contributed by atoms with Crippen LogP contribution in [-0.2, 0) is 0 Å². The molecule has 0 spiro atoms. The maximum absolute atomic E-state index is 9.99. The summed E-state index contributed by atoms with van der Waals surface area (Å²) in [5.74, 6) is -0.310. The van der Waals surface area contributed by atoms with Crippen LogP contribution in [0, 0.1) is 0 Å². The van der Waals surface area contributed by atoms with E-state index in [0.717, 1.165) is 5.69 Å². The molecule has 0 bridgehead atoms. The van der Waals surface area contributed by atoms with Gasteiger partial charge in [-0.3, -0.25) is 0 Å². The highest BCUT2D eigenvalue weighted by molar-refractivity contribution is 5.77. The van der Waals surface area contributed by atoms with Crippen LogP contribution in [0.15, 0.2) is 42.5 Å². The molecule has 0 saturated carbocycles. The maximum Gasteiger partial charge on any atom is 0.157 e. The fraction of sp³-hybridized carbons (Fsp3) is 0.0667. The quantitative estimate of drug-likeness (QED) is 0.387. The number of aliphatic hydroxyl groups is 1. The van der Waals surface area contributed by atoms with Crippen molar-refractivity contribution in [3.05, 3.63) is 53.6 Å². The second-order valence-electron chi connectivity index (χ2n) is 4.11. The third kappa shape index (κ3) is 2.98. The molecule has 0 heterocycles. The van der Waals surface area contributed by atoms with Crippen molar-refractivity contribution in [3.63, 3.8) is 0 Å². The molecular weight excluding hydrogens is 242 g/mol. The Bertz CT molecular complexity index is 603. The third-order valence-corrected chi connectivity index (χ3v) is 2.77. The lowest BCUT2D eigenvalue weighted by molar-refractivity contribution is 0.403. The van der Waals surface area contributed by atoms with E-state index < -0.39 is 0 Å². The summed E-state index contributed by atoms with van der Waals surface area (Å²) < 4.78 is 0. The van der Waals surface area contributed by atoms with Gasteiger partial charge in [0.25, 0.3) is 0 Å². The molecule has 0 unspecified atom stereocenters. The molecule has 19 heavy (non-hydrogen) atoms. The van der Waals surface area contributed by atoms with Crippen LogP contribution in [0.4, 0.5) is 5.69 Å². The van der Waals surface area contributed by atoms with Gasteiger partial charge in [0, 0.05) is 18.3 Å². The SMILES string of the molecule is CNc1ccc(/C(O)=C/c2ccc(O)c(O)c2)cc1. The first-order valence-corrected chi connectivity index (χ1v) is 5.81. The molecular formula is C15H15NO3. The van der Waals surface area contributed by atoms with Crippen LogP contribution in [0.1, 0.15) is 11.1 Å². The minimum Gasteiger partial charge on any atom is -0.507 e. The van der Waals surface area contributed by atoms with Crippen LogP contribution in [0.3, 0.4) is 0 Å². The Hall–Kier alpha value is -2.62. The second-order valence-corrected chi connectivity index (χ2v) is 4.11. The van der Waals surface area contributed by atoms with Crippen molar-refractivity contribution in [2.75, 3.05) is 12.4 Å². The first-order chi connectivity index (χ1) is 9.10. The average Bonchev–Trinajstić information content (AvgIpc) is 2.43. The highest BCUT2D eigenvalue weighted by Crippen LogP contribution is 2.27. The summed E-state index contributed by atoms with van der Waals surface area (Å²) in [7, 11) is 1.82. The Morgan fingerprint density at radius 1 is 1.00 bits per heavy atom. The number of phenols is 2. The number of hydrogen-bond acceptors (Lipinski definition) is 4. The topological polar surface area (TPSA) is 72.7 Å². The maximum atomic E-state index is 9.99. The van der Waals surface area contributed by atoms with E-state index in [2.05, 4.69) is 5.32 Å². The van der Waals surface area contributed by atoms with Gasteiger partial charge in [-0.1, -0.05) is 6.07 Å². The summed E-state index contributed by atoms with van der Waals surface area (Å²) in [6.07, 6.45) is 1.52. The van der Waals surface area contributed by atoms with Gasteiger partial charge < -0.3 is 20.6 Å². The fourth-order valence-electron chi connectivity index (χ4n) is 1.68. The number of aliphatic hydroxyl groups excluding tert-OH is 1. The molecule has 0 amide bonds. The summed E-state index contributed by atoms with van der Waals surface area (Å²) in [6.45, 7) is 0. The fourth-order valence-corrected chi connectivity index (χ4v) is 1.68. The molecule has 0 radical (unpaired) electrons. The molecule has 2 aromatic carbocycles. The van der Waals surface area contributed by atoms with Crippen LogP contribution >= 0.6 is 0 Å². The molecule has 4 nitrogen and oxygen atoms in total. The summed E-state index contributed by atoms with van der Waals surface area (Å²) in [5.41, 5.74) is 2.23. The highest BCUT2D eigenvalue weighted by atomic mass is 16.3. The third-order valence-electron chi connectivity index (χ3n) is 2.77. The van der Waals surface area contributed by atoms with Crippen molar-refractivity contribution >= 4 is 17.5 Å². The molecule has 2 aromatic rings. The van der Waals surface area contributed by atoms with Crippen LogP contribution in [-0.4, -0.2) is 22.4 Å². The smallest absolute Gasteiger partial charge is 0.157 e. The molecule has 98 valence electrons. The molecule has 2 rings (SSSR count). The average molecular weight is 257 g/mol. The van der Waals surface area contributed by atoms with Crippen molar-refractivity contribution in [1.82, 2.24) is 0 Å². The second kappa shape index (κ2) is 5.35. The Balaban J connectivity index is 2.28. The van der Waals surface area contributed by atoms with E-state index in [9.17, 15) is 15.3 Å². The van der Waals surface area contributed by atoms with Crippen LogP contribution in [0.25, 0.3) is 11.8 Å². The first-order valence-electron chi connectivity index (χ1n) is 5.81. The highest BCUT2D eigenvalue weighted by Gasteiger charge is 2.02. The van der Waals surface area contributed by atoms with E-state index in [1.165, 1.54) is 18.2 Å². The van der Waals surface area contributed by atoms with E-state index in [1.54, 1.807) is 18.2 Å². The molecule has 0 fully saturated rings. The van der Waals surface area contributed by atoms with Gasteiger partial charge in [0.15, 0.2) is 11.5 Å². The van der Waals surface area contributed by atoms with Crippen molar-refractivity contribution < 1.29 is 15.3 Å². The van der Waals surface area contributed by atoms with Crippen molar-refractivity contribution in [2.24, 2.45) is 0 Å². The van der Waals surface area contributed by atoms with Gasteiger partial charge in [-0.25, -0.2) is 0 Å². The van der Waals surface area contributed by atoms with E-state index >= 15 is 0 Å². The van der Waals surface area contributed by atoms with Gasteiger partial charge in [-0.15, -0.1) is 0 Å². The summed E-state index contributed by atoms with van der Waals surface area (Å²) >= 11 is 0. The number of rotatable bonds is 3. The predicted octanol–water partition coefficient (Wildman–Crippen LogP) is 3.20. The van der Waals surface area contributed by atoms with Gasteiger partial charge in [0.05, 0.1) is 0 Å². The van der Waals surface area contributed by atoms with Crippen LogP contribution in [0.5, 0.6) is 11.5 Å². The van der Waals surface area contributed by atoms with Gasteiger partial charge in [-0.05, 0) is 48.0 Å². The van der Waals surface area contributed by atoms with Crippen molar-refractivity contribution in [1.29, 1.82) is 0 Å². The van der Waals surface area contributed by atoms with E-state index in [4.69, 9.17) is 0 Å². The summed E-state index contributed by atoms with van der Waals surface area (Å²) in [4.78, 5) is 0. The zero-order chi connectivity index (χ0) is 13.8. The lowest BCUT2D eigenvalue weighted by Gasteiger charge is -2.04. The molecule has 4 N–H and O–H groups in total. The first kappa shape index (κ1) is 12.8. The molecule has 0 saturated heterocycles. The summed E-state index contributed by atoms with van der Waals surface area (Å²) in [5, 5.41) is 31.6. The number of nitrogens with one attached hydrogen (secondary N) is 1. The molecule has 0 atom stereocenters. The number of aromatic hydroxyl groups is 2. The Morgan fingerprint density at radius 3 is 2.26 bits per heavy atom. The molecule has 0 aliphatic carbocycles. The van der Waals surface area contributed by atoms with Crippen molar-refractivity contribution in [2.45, 2.75) is 0 Å². The lowest BCUT2D eigenvalue weighted by atomic mass is 10.1. The van der Waals surface area contributed by atoms with E-state index in [0.29, 0.717) is 11.1 Å². The number of anilines is 1. The number of phenolic OH excluding ortho intramolecular Hbond substituents is 2. The van der Waals surface area contributed by atoms with Crippen LogP contribution < -0.4 is 5.32 Å². The summed E-state index contributed by atoms with van der Waals surface area (Å²) in [6, 6.07) is 11.6. The van der Waals surface area contributed by atoms with Gasteiger partial charge >= 0.3 is 0 Å². The van der Waals surface area contributed by atoms with Gasteiger partial charge in [-0.2, -0.15) is 0 Å². The standard InChI is InChI=1S/C15H15NO3/c1-16-12-5-3-11(4-6-12)14(18)8-10-2-7-13(17)15(19)9-10/h2-9,16-19H,1H3/b14-8-. The van der Waals surface area contributed by atoms with Gasteiger partial charge in [0.2, 0.25) is 0 Å². The largest absolute Gasteiger partial charge is 0.507 e. The monoisotopic (exact) mass is 257 g/mol. The van der Waals surface area contributed by atoms with E-state index in [1.807, 2.05) is 19.2 Å². The van der Waals surface area contributed by atoms with Crippen molar-refractivity contribution in [3.8, 4) is 11.5 Å². The molecule has 0 aliphatic heterocycles. The molecule has 0 aromatic heterocycles. The Kier molecular flexibility index (Phi) is 3.61. The molecule has 0 aliphatic rings. The minimum absolute atomic E-state index is 0.0905. The number of hydrogen-bond donors (Lipinski definition) is 4. The normalized spacial score (nSPS) is 11.3. The zero-order valence-electron chi connectivity index (χ0n) is 10.5. The Labute approximate surface area is 111 Å². The minimum atomic E-state index is -0.216. The Morgan fingerprint density at radius 2 is 1.68 bits per heavy atom. The van der Waals surface area contributed by atoms with Crippen LogP contribution in [0.2, 0.25) is 0 Å². The predicted molar refractivity (Wildman–Crippen MR) is 76.3 cm³/mol. The van der Waals surface area contributed by atoms with Gasteiger partial charge in [0.1, 0.15) is 5.76 Å². The lowest BCUT2D eigenvalue weighted by Crippen LogP contribution is -1.88. The number of benzene rings is 2. The zero-order valence-corrected chi connectivity index (χ0v) is 10.5.